The van der Waals surface area contributed by atoms with Crippen molar-refractivity contribution in [2.24, 2.45) is 22.7 Å². The van der Waals surface area contributed by atoms with Crippen molar-refractivity contribution in [2.45, 2.75) is 65.9 Å². The van der Waals surface area contributed by atoms with E-state index in [9.17, 15) is 9.90 Å². The maximum absolute atomic E-state index is 12.0. The van der Waals surface area contributed by atoms with Gasteiger partial charge in [0.05, 0.1) is 0 Å². The Bertz CT molecular complexity index is 343. The Morgan fingerprint density at radius 2 is 1.76 bits per heavy atom. The molecule has 0 bridgehead atoms. The third kappa shape index (κ3) is 1.76. The molecule has 2 saturated carbocycles. The van der Waals surface area contributed by atoms with E-state index in [0.717, 1.165) is 12.8 Å². The Hall–Kier alpha value is -0.370. The van der Waals surface area contributed by atoms with Gasteiger partial charge in [0.2, 0.25) is 0 Å². The van der Waals surface area contributed by atoms with Gasteiger partial charge in [0, 0.05) is 11.8 Å². The number of aliphatic hydroxyl groups is 1. The SMILES string of the molecule is C[C@@H]1CC(C)(C)C[C@@]2(C1)[C@@H](C)CC(=O)[C@]2(C)O. The number of carbonyl (C=O) groups is 1. The fourth-order valence-electron chi connectivity index (χ4n) is 4.81. The normalized spacial score (nSPS) is 49.9. The van der Waals surface area contributed by atoms with E-state index >= 15 is 0 Å². The van der Waals surface area contributed by atoms with Gasteiger partial charge in [-0.2, -0.15) is 0 Å². The minimum absolute atomic E-state index is 0.0508. The molecular weight excluding hydrogens is 212 g/mol. The molecule has 2 heteroatoms. The van der Waals surface area contributed by atoms with Gasteiger partial charge in [-0.1, -0.05) is 27.7 Å². The minimum atomic E-state index is -1.11. The molecule has 1 spiro atoms. The molecule has 4 atom stereocenters. The predicted octanol–water partition coefficient (Wildman–Crippen LogP) is 3.18. The highest BCUT2D eigenvalue weighted by molar-refractivity contribution is 5.90. The maximum Gasteiger partial charge on any atom is 0.164 e. The zero-order valence-corrected chi connectivity index (χ0v) is 11.8. The van der Waals surface area contributed by atoms with Crippen molar-refractivity contribution in [3.8, 4) is 0 Å². The molecule has 0 aromatic carbocycles. The highest BCUT2D eigenvalue weighted by atomic mass is 16.3. The van der Waals surface area contributed by atoms with Crippen LogP contribution in [0.5, 0.6) is 0 Å². The number of ketones is 1. The van der Waals surface area contributed by atoms with Crippen LogP contribution >= 0.6 is 0 Å². The zero-order valence-electron chi connectivity index (χ0n) is 11.8. The third-order valence-corrected chi connectivity index (χ3v) is 5.36. The average molecular weight is 238 g/mol. The quantitative estimate of drug-likeness (QED) is 0.703. The molecule has 0 aliphatic heterocycles. The van der Waals surface area contributed by atoms with E-state index in [2.05, 4.69) is 27.7 Å². The zero-order chi connectivity index (χ0) is 13.1. The lowest BCUT2D eigenvalue weighted by Crippen LogP contribution is -2.53. The van der Waals surface area contributed by atoms with Gasteiger partial charge in [0.25, 0.3) is 0 Å². The van der Waals surface area contributed by atoms with Crippen LogP contribution in [0.2, 0.25) is 0 Å². The van der Waals surface area contributed by atoms with Crippen LogP contribution in [0.15, 0.2) is 0 Å². The van der Waals surface area contributed by atoms with E-state index in [0.29, 0.717) is 18.3 Å². The molecule has 0 heterocycles. The van der Waals surface area contributed by atoms with E-state index in [4.69, 9.17) is 0 Å². The van der Waals surface area contributed by atoms with Gasteiger partial charge in [-0.05, 0) is 43.4 Å². The highest BCUT2D eigenvalue weighted by Gasteiger charge is 2.63. The summed E-state index contributed by atoms with van der Waals surface area (Å²) in [7, 11) is 0. The lowest BCUT2D eigenvalue weighted by Gasteiger charge is -2.52. The molecule has 2 rings (SSSR count). The Morgan fingerprint density at radius 3 is 2.18 bits per heavy atom. The lowest BCUT2D eigenvalue weighted by atomic mass is 9.53. The summed E-state index contributed by atoms with van der Waals surface area (Å²) in [6.45, 7) is 10.7. The highest BCUT2D eigenvalue weighted by Crippen LogP contribution is 2.61. The number of carbonyl (C=O) groups excluding carboxylic acids is 1. The first-order chi connectivity index (χ1) is 7.61. The molecule has 2 nitrogen and oxygen atoms in total. The summed E-state index contributed by atoms with van der Waals surface area (Å²) >= 11 is 0. The maximum atomic E-state index is 12.0. The Kier molecular flexibility index (Phi) is 2.74. The monoisotopic (exact) mass is 238 g/mol. The summed E-state index contributed by atoms with van der Waals surface area (Å²) in [5.74, 6) is 0.959. The molecule has 0 aromatic rings. The molecule has 2 aliphatic rings. The van der Waals surface area contributed by atoms with Crippen molar-refractivity contribution in [1.29, 1.82) is 0 Å². The number of Topliss-reactive ketones (excluding diaryl/α,β-unsaturated/α-hetero) is 1. The van der Waals surface area contributed by atoms with Crippen LogP contribution in [0, 0.1) is 22.7 Å². The largest absolute Gasteiger partial charge is 0.382 e. The minimum Gasteiger partial charge on any atom is -0.382 e. The second kappa shape index (κ2) is 3.57. The van der Waals surface area contributed by atoms with Crippen molar-refractivity contribution < 1.29 is 9.90 Å². The molecule has 17 heavy (non-hydrogen) atoms. The number of hydrogen-bond acceptors (Lipinski definition) is 2. The van der Waals surface area contributed by atoms with E-state index in [1.165, 1.54) is 6.42 Å². The van der Waals surface area contributed by atoms with Crippen molar-refractivity contribution in [2.75, 3.05) is 0 Å². The second-order valence-corrected chi connectivity index (χ2v) is 7.61. The third-order valence-electron chi connectivity index (χ3n) is 5.36. The summed E-state index contributed by atoms with van der Waals surface area (Å²) in [4.78, 5) is 12.0. The van der Waals surface area contributed by atoms with Crippen LogP contribution in [-0.2, 0) is 4.79 Å². The van der Waals surface area contributed by atoms with Crippen LogP contribution in [0.1, 0.15) is 60.3 Å². The first-order valence-electron chi connectivity index (χ1n) is 6.86. The Balaban J connectivity index is 2.43. The number of hydrogen-bond donors (Lipinski definition) is 1. The standard InChI is InChI=1S/C15H26O2/c1-10-7-13(3,4)9-15(8-10)11(2)6-12(16)14(15,5)17/h10-11,17H,6-9H2,1-5H3/t10-,11+,14+,15+/m1/s1. The van der Waals surface area contributed by atoms with Crippen LogP contribution in [-0.4, -0.2) is 16.5 Å². The Morgan fingerprint density at radius 1 is 1.18 bits per heavy atom. The Labute approximate surface area is 105 Å². The van der Waals surface area contributed by atoms with Gasteiger partial charge < -0.3 is 5.11 Å². The molecular formula is C15H26O2. The van der Waals surface area contributed by atoms with Gasteiger partial charge in [-0.25, -0.2) is 0 Å². The van der Waals surface area contributed by atoms with Crippen molar-refractivity contribution >= 4 is 5.78 Å². The summed E-state index contributed by atoms with van der Waals surface area (Å²) < 4.78 is 0. The fourth-order valence-corrected chi connectivity index (χ4v) is 4.81. The first kappa shape index (κ1) is 13.1. The van der Waals surface area contributed by atoms with Crippen molar-refractivity contribution in [1.82, 2.24) is 0 Å². The second-order valence-electron chi connectivity index (χ2n) is 7.61. The molecule has 0 saturated heterocycles. The molecule has 98 valence electrons. The van der Waals surface area contributed by atoms with Crippen LogP contribution < -0.4 is 0 Å². The van der Waals surface area contributed by atoms with E-state index in [-0.39, 0.29) is 16.6 Å². The smallest absolute Gasteiger partial charge is 0.164 e. The van der Waals surface area contributed by atoms with Crippen molar-refractivity contribution in [3.63, 3.8) is 0 Å². The van der Waals surface area contributed by atoms with Gasteiger partial charge >= 0.3 is 0 Å². The van der Waals surface area contributed by atoms with Gasteiger partial charge in [0.15, 0.2) is 5.78 Å². The van der Waals surface area contributed by atoms with Gasteiger partial charge in [-0.3, -0.25) is 4.79 Å². The van der Waals surface area contributed by atoms with Crippen LogP contribution in [0.25, 0.3) is 0 Å². The fraction of sp³-hybridized carbons (Fsp3) is 0.933. The average Bonchev–Trinajstić information content (AvgIpc) is 2.25. The molecule has 0 unspecified atom stereocenters. The summed E-state index contributed by atoms with van der Waals surface area (Å²) in [5, 5.41) is 10.7. The molecule has 0 amide bonds. The van der Waals surface area contributed by atoms with E-state index in [1.54, 1.807) is 6.92 Å². The van der Waals surface area contributed by atoms with Gasteiger partial charge in [0.1, 0.15) is 5.60 Å². The molecule has 1 N–H and O–H groups in total. The summed E-state index contributed by atoms with van der Waals surface area (Å²) in [5.41, 5.74) is -1.07. The van der Waals surface area contributed by atoms with E-state index in [1.807, 2.05) is 0 Å². The van der Waals surface area contributed by atoms with E-state index < -0.39 is 5.60 Å². The van der Waals surface area contributed by atoms with Crippen LogP contribution in [0.4, 0.5) is 0 Å². The molecule has 2 fully saturated rings. The predicted molar refractivity (Wildman–Crippen MR) is 68.6 cm³/mol. The summed E-state index contributed by atoms with van der Waals surface area (Å²) in [6.07, 6.45) is 3.72. The van der Waals surface area contributed by atoms with Crippen LogP contribution in [0.3, 0.4) is 0 Å². The lowest BCUT2D eigenvalue weighted by molar-refractivity contribution is -0.152. The molecule has 0 radical (unpaired) electrons. The molecule has 0 aromatic heterocycles. The van der Waals surface area contributed by atoms with Gasteiger partial charge in [-0.15, -0.1) is 0 Å². The molecule has 2 aliphatic carbocycles. The summed E-state index contributed by atoms with van der Waals surface area (Å²) in [6, 6.07) is 0. The van der Waals surface area contributed by atoms with Crippen molar-refractivity contribution in [3.05, 3.63) is 0 Å². The first-order valence-corrected chi connectivity index (χ1v) is 6.86. The number of rotatable bonds is 0. The topological polar surface area (TPSA) is 37.3 Å².